The number of aliphatic imine (C=N–C) groups is 1. The molecule has 1 aliphatic rings. The van der Waals surface area contributed by atoms with Gasteiger partial charge in [-0.25, -0.2) is 13.6 Å². The summed E-state index contributed by atoms with van der Waals surface area (Å²) in [6, 6.07) is 2.98. The Morgan fingerprint density at radius 1 is 1.37 bits per heavy atom. The molecule has 0 bridgehead atoms. The molecule has 0 atom stereocenters. The molecule has 3 nitrogen and oxygen atoms in total. The monoisotopic (exact) mass is 267 g/mol. The van der Waals surface area contributed by atoms with Crippen LogP contribution in [0.3, 0.4) is 0 Å². The Kier molecular flexibility index (Phi) is 3.42. The van der Waals surface area contributed by atoms with Gasteiger partial charge in [0.15, 0.2) is 0 Å². The highest BCUT2D eigenvalue weighted by Crippen LogP contribution is 2.54. The Morgan fingerprint density at radius 2 is 2.00 bits per heavy atom. The van der Waals surface area contributed by atoms with Crippen molar-refractivity contribution in [1.29, 1.82) is 0 Å². The van der Waals surface area contributed by atoms with Gasteiger partial charge in [-0.1, -0.05) is 13.8 Å². The van der Waals surface area contributed by atoms with Crippen molar-refractivity contribution in [3.05, 3.63) is 28.8 Å². The lowest BCUT2D eigenvalue weighted by molar-refractivity contribution is 0.147. The summed E-state index contributed by atoms with van der Waals surface area (Å²) >= 11 is 0. The predicted molar refractivity (Wildman–Crippen MR) is 66.2 cm³/mol. The largest absolute Gasteiger partial charge is 0.507 e. The van der Waals surface area contributed by atoms with E-state index in [4.69, 9.17) is 0 Å². The first-order valence-corrected chi connectivity index (χ1v) is 6.16. The van der Waals surface area contributed by atoms with E-state index in [1.165, 1.54) is 12.1 Å². The van der Waals surface area contributed by atoms with E-state index >= 15 is 0 Å². The minimum atomic E-state index is -2.76. The summed E-state index contributed by atoms with van der Waals surface area (Å²) < 4.78 is 26.0. The first-order chi connectivity index (χ1) is 8.91. The van der Waals surface area contributed by atoms with E-state index in [0.29, 0.717) is 24.0 Å². The molecule has 5 heteroatoms. The van der Waals surface area contributed by atoms with E-state index < -0.39 is 23.3 Å². The molecule has 0 radical (unpaired) electrons. The van der Waals surface area contributed by atoms with Crippen LogP contribution in [0.1, 0.15) is 55.7 Å². The van der Waals surface area contributed by atoms with Crippen LogP contribution in [-0.2, 0) is 10.3 Å². The van der Waals surface area contributed by atoms with E-state index in [2.05, 4.69) is 4.99 Å². The van der Waals surface area contributed by atoms with Crippen LogP contribution in [0.2, 0.25) is 0 Å². The first kappa shape index (κ1) is 13.7. The van der Waals surface area contributed by atoms with E-state index in [9.17, 15) is 18.7 Å². The Morgan fingerprint density at radius 3 is 2.42 bits per heavy atom. The molecule has 0 aliphatic heterocycles. The molecule has 1 aromatic rings. The molecule has 2 rings (SSSR count). The van der Waals surface area contributed by atoms with Crippen LogP contribution in [0, 0.1) is 0 Å². The summed E-state index contributed by atoms with van der Waals surface area (Å²) in [5.41, 5.74) is -0.221. The number of nitrogens with zero attached hydrogens (tertiary/aromatic N) is 1. The number of rotatable bonds is 4. The SMILES string of the molecule is CC(C)c1cc(C(F)F)c(O)c(C2(N=C=O)CC2)c1. The minimum absolute atomic E-state index is 0.0489. The Balaban J connectivity index is 2.63. The van der Waals surface area contributed by atoms with Gasteiger partial charge in [0.25, 0.3) is 6.43 Å². The third kappa shape index (κ3) is 2.38. The normalized spacial score (nSPS) is 16.5. The lowest BCUT2D eigenvalue weighted by Crippen LogP contribution is -2.06. The van der Waals surface area contributed by atoms with Crippen molar-refractivity contribution in [2.45, 2.75) is 44.6 Å². The van der Waals surface area contributed by atoms with E-state index in [-0.39, 0.29) is 5.92 Å². The summed E-state index contributed by atoms with van der Waals surface area (Å²) in [6.45, 7) is 3.77. The molecule has 0 spiro atoms. The van der Waals surface area contributed by atoms with Gasteiger partial charge in [0.05, 0.1) is 5.56 Å². The average molecular weight is 267 g/mol. The fourth-order valence-corrected chi connectivity index (χ4v) is 2.18. The molecule has 1 N–H and O–H groups in total. The molecular formula is C14H15F2NO2. The van der Waals surface area contributed by atoms with Crippen molar-refractivity contribution in [2.24, 2.45) is 4.99 Å². The van der Waals surface area contributed by atoms with E-state index in [1.54, 1.807) is 6.07 Å². The number of hydrogen-bond donors (Lipinski definition) is 1. The molecule has 0 amide bonds. The van der Waals surface area contributed by atoms with Crippen molar-refractivity contribution in [1.82, 2.24) is 0 Å². The van der Waals surface area contributed by atoms with E-state index in [0.717, 1.165) is 0 Å². The molecule has 1 aliphatic carbocycles. The van der Waals surface area contributed by atoms with Crippen molar-refractivity contribution < 1.29 is 18.7 Å². The van der Waals surface area contributed by atoms with Crippen molar-refractivity contribution in [2.75, 3.05) is 0 Å². The lowest BCUT2D eigenvalue weighted by Gasteiger charge is -2.17. The number of phenols is 1. The molecule has 1 aromatic carbocycles. The van der Waals surface area contributed by atoms with Crippen LogP contribution in [0.4, 0.5) is 8.78 Å². The van der Waals surface area contributed by atoms with Crippen LogP contribution < -0.4 is 0 Å². The summed E-state index contributed by atoms with van der Waals surface area (Å²) in [5, 5.41) is 10.00. The minimum Gasteiger partial charge on any atom is -0.507 e. The second-order valence-electron chi connectivity index (χ2n) is 5.20. The second kappa shape index (κ2) is 4.74. The number of benzene rings is 1. The number of isocyanates is 1. The number of phenolic OH excluding ortho intramolecular Hbond substituents is 1. The Hall–Kier alpha value is -1.74. The highest BCUT2D eigenvalue weighted by atomic mass is 19.3. The van der Waals surface area contributed by atoms with Crippen molar-refractivity contribution in [3.63, 3.8) is 0 Å². The Bertz CT molecular complexity index is 545. The number of aromatic hydroxyl groups is 1. The van der Waals surface area contributed by atoms with Gasteiger partial charge in [0.1, 0.15) is 11.3 Å². The molecule has 0 aromatic heterocycles. The highest BCUT2D eigenvalue weighted by Gasteiger charge is 2.47. The van der Waals surface area contributed by atoms with Crippen LogP contribution in [-0.4, -0.2) is 11.2 Å². The highest BCUT2D eigenvalue weighted by molar-refractivity contribution is 5.52. The third-order valence-corrected chi connectivity index (χ3v) is 3.55. The number of halogens is 2. The second-order valence-corrected chi connectivity index (χ2v) is 5.20. The molecule has 102 valence electrons. The van der Waals surface area contributed by atoms with Gasteiger partial charge in [0, 0.05) is 5.56 Å². The maximum atomic E-state index is 13.0. The first-order valence-electron chi connectivity index (χ1n) is 6.16. The predicted octanol–water partition coefficient (Wildman–Crippen LogP) is 3.78. The molecule has 0 heterocycles. The van der Waals surface area contributed by atoms with Gasteiger partial charge in [-0.15, -0.1) is 0 Å². The Labute approximate surface area is 110 Å². The van der Waals surface area contributed by atoms with Gasteiger partial charge < -0.3 is 5.11 Å². The topological polar surface area (TPSA) is 49.7 Å². The van der Waals surface area contributed by atoms with Gasteiger partial charge >= 0.3 is 0 Å². The van der Waals surface area contributed by atoms with Gasteiger partial charge in [0.2, 0.25) is 6.08 Å². The number of carbonyl (C=O) groups excluding carboxylic acids is 1. The number of hydrogen-bond acceptors (Lipinski definition) is 3. The standard InChI is InChI=1S/C14H15F2NO2/c1-8(2)9-5-10(13(15)16)12(19)11(6-9)14(3-4-14)17-7-18/h5-6,8,13,19H,3-4H2,1-2H3. The lowest BCUT2D eigenvalue weighted by atomic mass is 9.92. The zero-order chi connectivity index (χ0) is 14.2. The summed E-state index contributed by atoms with van der Waals surface area (Å²) in [7, 11) is 0. The van der Waals surface area contributed by atoms with Crippen LogP contribution in [0.25, 0.3) is 0 Å². The maximum absolute atomic E-state index is 13.0. The summed E-state index contributed by atoms with van der Waals surface area (Å²) in [6.07, 6.45) is -0.147. The summed E-state index contributed by atoms with van der Waals surface area (Å²) in [5.74, 6) is -0.399. The quantitative estimate of drug-likeness (QED) is 0.666. The van der Waals surface area contributed by atoms with Gasteiger partial charge in [-0.2, -0.15) is 4.99 Å². The molecular weight excluding hydrogens is 252 g/mol. The molecule has 0 saturated heterocycles. The van der Waals surface area contributed by atoms with Gasteiger partial charge in [-0.3, -0.25) is 0 Å². The number of alkyl halides is 2. The molecule has 1 fully saturated rings. The molecule has 1 saturated carbocycles. The molecule has 19 heavy (non-hydrogen) atoms. The van der Waals surface area contributed by atoms with E-state index in [1.807, 2.05) is 13.8 Å². The van der Waals surface area contributed by atoms with Crippen molar-refractivity contribution >= 4 is 6.08 Å². The summed E-state index contributed by atoms with van der Waals surface area (Å²) in [4.78, 5) is 14.2. The van der Waals surface area contributed by atoms with Gasteiger partial charge in [-0.05, 0) is 36.5 Å². The smallest absolute Gasteiger partial charge is 0.267 e. The zero-order valence-corrected chi connectivity index (χ0v) is 10.8. The van der Waals surface area contributed by atoms with Crippen LogP contribution in [0.15, 0.2) is 17.1 Å². The van der Waals surface area contributed by atoms with Crippen LogP contribution >= 0.6 is 0 Å². The molecule has 0 unspecified atom stereocenters. The van der Waals surface area contributed by atoms with Crippen LogP contribution in [0.5, 0.6) is 5.75 Å². The average Bonchev–Trinajstić information content (AvgIpc) is 3.09. The van der Waals surface area contributed by atoms with Crippen molar-refractivity contribution in [3.8, 4) is 5.75 Å². The third-order valence-electron chi connectivity index (χ3n) is 3.55. The zero-order valence-electron chi connectivity index (χ0n) is 10.8. The fraction of sp³-hybridized carbons (Fsp3) is 0.500. The maximum Gasteiger partial charge on any atom is 0.267 e. The fourth-order valence-electron chi connectivity index (χ4n) is 2.18.